The number of carbonyl (C=O) groups is 1. The van der Waals surface area contributed by atoms with Gasteiger partial charge in [-0.05, 0) is 36.8 Å². The molecule has 0 saturated carbocycles. The van der Waals surface area contributed by atoms with Gasteiger partial charge in [0.25, 0.3) is 0 Å². The highest BCUT2D eigenvalue weighted by molar-refractivity contribution is 7.92. The summed E-state index contributed by atoms with van der Waals surface area (Å²) in [7, 11) is -3.63. The fourth-order valence-corrected chi connectivity index (χ4v) is 3.63. The zero-order valence-electron chi connectivity index (χ0n) is 13.4. The molecule has 1 amide bonds. The second-order valence-electron chi connectivity index (χ2n) is 5.41. The van der Waals surface area contributed by atoms with E-state index >= 15 is 0 Å². The van der Waals surface area contributed by atoms with Crippen molar-refractivity contribution in [3.8, 4) is 0 Å². The first-order chi connectivity index (χ1) is 11.3. The highest BCUT2D eigenvalue weighted by Gasteiger charge is 2.28. The van der Waals surface area contributed by atoms with Gasteiger partial charge in [-0.25, -0.2) is 8.42 Å². The minimum Gasteiger partial charge on any atom is -0.350 e. The van der Waals surface area contributed by atoms with Gasteiger partial charge in [0.05, 0.1) is 11.9 Å². The Morgan fingerprint density at radius 3 is 2.25 bits per heavy atom. The molecule has 5 nitrogen and oxygen atoms in total. The normalized spacial score (nSPS) is 12.5. The lowest BCUT2D eigenvalue weighted by molar-refractivity contribution is -0.122. The average Bonchev–Trinajstić information content (AvgIpc) is 2.54. The third-order valence-corrected chi connectivity index (χ3v) is 4.97. The van der Waals surface area contributed by atoms with Gasteiger partial charge in [-0.3, -0.25) is 9.10 Å². The number of nitrogens with one attached hydrogen (secondary N) is 1. The molecule has 0 aliphatic rings. The number of sulfonamides is 1. The summed E-state index contributed by atoms with van der Waals surface area (Å²) in [5.74, 6) is -0.376. The van der Waals surface area contributed by atoms with Gasteiger partial charge in [-0.1, -0.05) is 41.9 Å². The van der Waals surface area contributed by atoms with E-state index in [9.17, 15) is 13.2 Å². The molecule has 0 heterocycles. The van der Waals surface area contributed by atoms with Crippen LogP contribution in [-0.4, -0.2) is 26.6 Å². The van der Waals surface area contributed by atoms with Crippen molar-refractivity contribution in [1.82, 2.24) is 5.32 Å². The molecule has 24 heavy (non-hydrogen) atoms. The maximum Gasteiger partial charge on any atom is 0.243 e. The van der Waals surface area contributed by atoms with E-state index in [4.69, 9.17) is 11.6 Å². The van der Waals surface area contributed by atoms with Gasteiger partial charge in [0.1, 0.15) is 6.04 Å². The first kappa shape index (κ1) is 18.3. The summed E-state index contributed by atoms with van der Waals surface area (Å²) in [6, 6.07) is 14.9. The molecule has 0 radical (unpaired) electrons. The Kier molecular flexibility index (Phi) is 5.85. The van der Waals surface area contributed by atoms with Crippen LogP contribution in [0.5, 0.6) is 0 Å². The van der Waals surface area contributed by atoms with Crippen molar-refractivity contribution in [2.24, 2.45) is 0 Å². The van der Waals surface area contributed by atoms with E-state index in [1.54, 1.807) is 31.2 Å². The summed E-state index contributed by atoms with van der Waals surface area (Å²) in [5, 5.41) is 3.26. The zero-order valence-corrected chi connectivity index (χ0v) is 15.0. The van der Waals surface area contributed by atoms with Crippen LogP contribution in [0.25, 0.3) is 0 Å². The van der Waals surface area contributed by atoms with Crippen molar-refractivity contribution in [3.63, 3.8) is 0 Å². The number of halogens is 1. The van der Waals surface area contributed by atoms with Gasteiger partial charge >= 0.3 is 0 Å². The number of amides is 1. The Morgan fingerprint density at radius 1 is 1.12 bits per heavy atom. The van der Waals surface area contributed by atoms with E-state index in [0.29, 0.717) is 17.3 Å². The number of hydrogen-bond acceptors (Lipinski definition) is 3. The van der Waals surface area contributed by atoms with Crippen LogP contribution >= 0.6 is 11.6 Å². The van der Waals surface area contributed by atoms with Crippen molar-refractivity contribution in [2.45, 2.75) is 19.5 Å². The van der Waals surface area contributed by atoms with E-state index in [0.717, 1.165) is 16.1 Å². The van der Waals surface area contributed by atoms with Crippen LogP contribution < -0.4 is 9.62 Å². The van der Waals surface area contributed by atoms with Crippen LogP contribution in [-0.2, 0) is 21.4 Å². The van der Waals surface area contributed by atoms with Crippen LogP contribution in [0, 0.1) is 0 Å². The van der Waals surface area contributed by atoms with E-state index in [1.807, 2.05) is 30.3 Å². The van der Waals surface area contributed by atoms with Gasteiger partial charge in [0, 0.05) is 11.6 Å². The lowest BCUT2D eigenvalue weighted by Crippen LogP contribution is -2.47. The zero-order chi connectivity index (χ0) is 17.7. The molecule has 1 atom stereocenters. The Bertz CT molecular complexity index is 792. The monoisotopic (exact) mass is 366 g/mol. The van der Waals surface area contributed by atoms with Crippen LogP contribution in [0.15, 0.2) is 54.6 Å². The van der Waals surface area contributed by atoms with Crippen molar-refractivity contribution >= 4 is 33.2 Å². The lowest BCUT2D eigenvalue weighted by atomic mass is 10.2. The van der Waals surface area contributed by atoms with E-state index in [-0.39, 0.29) is 5.91 Å². The lowest BCUT2D eigenvalue weighted by Gasteiger charge is -2.28. The highest BCUT2D eigenvalue weighted by atomic mass is 35.5. The number of anilines is 1. The molecule has 0 saturated heterocycles. The van der Waals surface area contributed by atoms with Crippen molar-refractivity contribution in [1.29, 1.82) is 0 Å². The summed E-state index contributed by atoms with van der Waals surface area (Å²) in [4.78, 5) is 12.4. The molecular weight excluding hydrogens is 348 g/mol. The maximum atomic E-state index is 12.4. The quantitative estimate of drug-likeness (QED) is 0.854. The predicted octanol–water partition coefficient (Wildman–Crippen LogP) is 2.81. The van der Waals surface area contributed by atoms with Crippen LogP contribution in [0.1, 0.15) is 12.5 Å². The molecule has 1 N–H and O–H groups in total. The molecule has 0 aromatic heterocycles. The third kappa shape index (κ3) is 4.72. The smallest absolute Gasteiger partial charge is 0.243 e. The number of benzene rings is 2. The molecule has 7 heteroatoms. The first-order valence-corrected chi connectivity index (χ1v) is 9.58. The molecule has 0 spiro atoms. The van der Waals surface area contributed by atoms with E-state index < -0.39 is 16.1 Å². The molecule has 2 aromatic carbocycles. The highest BCUT2D eigenvalue weighted by Crippen LogP contribution is 2.23. The number of rotatable bonds is 6. The summed E-state index contributed by atoms with van der Waals surface area (Å²) in [5.41, 5.74) is 1.33. The average molecular weight is 367 g/mol. The largest absolute Gasteiger partial charge is 0.350 e. The molecule has 0 unspecified atom stereocenters. The molecule has 0 aliphatic heterocycles. The number of nitrogens with zero attached hydrogens (tertiary/aromatic N) is 1. The summed E-state index contributed by atoms with van der Waals surface area (Å²) in [6.07, 6.45) is 1.07. The minimum atomic E-state index is -3.63. The minimum absolute atomic E-state index is 0.336. The summed E-state index contributed by atoms with van der Waals surface area (Å²) in [6.45, 7) is 1.89. The molecule has 0 fully saturated rings. The van der Waals surface area contributed by atoms with Crippen molar-refractivity contribution < 1.29 is 13.2 Å². The Hall–Kier alpha value is -2.05. The standard InChI is InChI=1S/C17H19ClN2O3S/c1-13(17(21)19-12-14-6-4-3-5-7-14)20(24(2,22)23)16-10-8-15(18)9-11-16/h3-11,13H,12H2,1-2H3,(H,19,21)/t13-/m0/s1. The molecule has 2 aromatic rings. The fourth-order valence-electron chi connectivity index (χ4n) is 2.33. The Labute approximate surface area is 147 Å². The topological polar surface area (TPSA) is 66.5 Å². The molecule has 0 aliphatic carbocycles. The van der Waals surface area contributed by atoms with Crippen LogP contribution in [0.4, 0.5) is 5.69 Å². The van der Waals surface area contributed by atoms with Gasteiger partial charge in [0.15, 0.2) is 0 Å². The SMILES string of the molecule is C[C@@H](C(=O)NCc1ccccc1)N(c1ccc(Cl)cc1)S(C)(=O)=O. The van der Waals surface area contributed by atoms with Gasteiger partial charge in [-0.2, -0.15) is 0 Å². The molecule has 0 bridgehead atoms. The van der Waals surface area contributed by atoms with Crippen molar-refractivity contribution in [2.75, 3.05) is 10.6 Å². The van der Waals surface area contributed by atoms with Crippen molar-refractivity contribution in [3.05, 3.63) is 65.2 Å². The van der Waals surface area contributed by atoms with Gasteiger partial charge in [-0.15, -0.1) is 0 Å². The van der Waals surface area contributed by atoms with Crippen LogP contribution in [0.3, 0.4) is 0 Å². The molecule has 128 valence electrons. The Morgan fingerprint density at radius 2 is 1.71 bits per heavy atom. The summed E-state index contributed by atoms with van der Waals surface area (Å²) >= 11 is 5.84. The summed E-state index contributed by atoms with van der Waals surface area (Å²) < 4.78 is 25.4. The Balaban J connectivity index is 2.17. The first-order valence-electron chi connectivity index (χ1n) is 7.35. The number of carbonyl (C=O) groups excluding carboxylic acids is 1. The van der Waals surface area contributed by atoms with Crippen LogP contribution in [0.2, 0.25) is 5.02 Å². The van der Waals surface area contributed by atoms with E-state index in [2.05, 4.69) is 5.32 Å². The molecular formula is C17H19ClN2O3S. The maximum absolute atomic E-state index is 12.4. The van der Waals surface area contributed by atoms with Gasteiger partial charge < -0.3 is 5.32 Å². The predicted molar refractivity (Wildman–Crippen MR) is 96.5 cm³/mol. The second kappa shape index (κ2) is 7.68. The third-order valence-electron chi connectivity index (χ3n) is 3.48. The fraction of sp³-hybridized carbons (Fsp3) is 0.235. The number of hydrogen-bond donors (Lipinski definition) is 1. The van der Waals surface area contributed by atoms with E-state index in [1.165, 1.54) is 0 Å². The molecule has 2 rings (SSSR count). The second-order valence-corrected chi connectivity index (χ2v) is 7.71. The van der Waals surface area contributed by atoms with Gasteiger partial charge in [0.2, 0.25) is 15.9 Å².